The van der Waals surface area contributed by atoms with Crippen molar-refractivity contribution in [1.82, 2.24) is 5.32 Å². The van der Waals surface area contributed by atoms with Gasteiger partial charge in [-0.2, -0.15) is 0 Å². The van der Waals surface area contributed by atoms with E-state index >= 15 is 0 Å². The maximum atomic E-state index is 11.8. The fourth-order valence-electron chi connectivity index (χ4n) is 1.63. The van der Waals surface area contributed by atoms with Crippen LogP contribution in [-0.4, -0.2) is 29.6 Å². The van der Waals surface area contributed by atoms with Crippen molar-refractivity contribution in [3.05, 3.63) is 27.7 Å². The van der Waals surface area contributed by atoms with Crippen molar-refractivity contribution in [1.29, 1.82) is 0 Å². The zero-order valence-electron chi connectivity index (χ0n) is 11.7. The first-order valence-electron chi connectivity index (χ1n) is 6.45. The van der Waals surface area contributed by atoms with Gasteiger partial charge in [-0.25, -0.2) is 4.79 Å². The van der Waals surface area contributed by atoms with Gasteiger partial charge >= 0.3 is 5.97 Å². The summed E-state index contributed by atoms with van der Waals surface area (Å²) >= 11 is 9.23. The Morgan fingerprint density at radius 1 is 1.48 bits per heavy atom. The normalized spacial score (nSPS) is 13.3. The highest BCUT2D eigenvalue weighted by molar-refractivity contribution is 9.10. The van der Waals surface area contributed by atoms with Crippen LogP contribution >= 0.6 is 27.5 Å². The summed E-state index contributed by atoms with van der Waals surface area (Å²) in [5.74, 6) is -1.35. The highest BCUT2D eigenvalue weighted by atomic mass is 79.9. The molecule has 0 spiro atoms. The Kier molecular flexibility index (Phi) is 6.98. The third kappa shape index (κ3) is 5.55. The molecule has 2 atom stereocenters. The third-order valence-electron chi connectivity index (χ3n) is 3.05. The average Bonchev–Trinajstić information content (AvgIpc) is 2.42. The van der Waals surface area contributed by atoms with Gasteiger partial charge < -0.3 is 15.2 Å². The maximum Gasteiger partial charge on any atom is 0.326 e. The number of carboxylic acid groups (broad SMARTS) is 1. The Balaban J connectivity index is 2.58. The summed E-state index contributed by atoms with van der Waals surface area (Å²) in [6, 6.07) is 4.08. The van der Waals surface area contributed by atoms with Crippen LogP contribution in [0.15, 0.2) is 22.7 Å². The van der Waals surface area contributed by atoms with Gasteiger partial charge in [0.2, 0.25) is 0 Å². The van der Waals surface area contributed by atoms with Crippen molar-refractivity contribution in [2.75, 3.05) is 6.61 Å². The van der Waals surface area contributed by atoms with E-state index in [0.29, 0.717) is 17.2 Å². The molecule has 5 nitrogen and oxygen atoms in total. The van der Waals surface area contributed by atoms with Gasteiger partial charge in [0.15, 0.2) is 6.61 Å². The lowest BCUT2D eigenvalue weighted by Gasteiger charge is -2.20. The number of carbonyl (C=O) groups excluding carboxylic acids is 1. The molecule has 0 aliphatic rings. The first kappa shape index (κ1) is 17.8. The van der Waals surface area contributed by atoms with Crippen molar-refractivity contribution >= 4 is 39.4 Å². The number of nitrogens with one attached hydrogen (secondary N) is 1. The lowest BCUT2D eigenvalue weighted by atomic mass is 9.99. The molecule has 0 radical (unpaired) electrons. The van der Waals surface area contributed by atoms with Gasteiger partial charge in [0, 0.05) is 4.47 Å². The van der Waals surface area contributed by atoms with Crippen molar-refractivity contribution < 1.29 is 19.4 Å². The molecule has 0 saturated heterocycles. The van der Waals surface area contributed by atoms with Gasteiger partial charge in [-0.15, -0.1) is 0 Å². The van der Waals surface area contributed by atoms with Gasteiger partial charge in [0.1, 0.15) is 11.8 Å². The maximum absolute atomic E-state index is 11.8. The highest BCUT2D eigenvalue weighted by Gasteiger charge is 2.25. The molecule has 1 aromatic carbocycles. The van der Waals surface area contributed by atoms with Gasteiger partial charge in [-0.3, -0.25) is 4.79 Å². The summed E-state index contributed by atoms with van der Waals surface area (Å²) in [5.41, 5.74) is 0. The number of hydrogen-bond donors (Lipinski definition) is 2. The van der Waals surface area contributed by atoms with Crippen LogP contribution < -0.4 is 10.1 Å². The predicted octanol–water partition coefficient (Wildman–Crippen LogP) is 3.10. The minimum Gasteiger partial charge on any atom is -0.482 e. The summed E-state index contributed by atoms with van der Waals surface area (Å²) in [6.07, 6.45) is 0.649. The molecule has 0 heterocycles. The number of hydrogen-bond acceptors (Lipinski definition) is 3. The molecule has 21 heavy (non-hydrogen) atoms. The number of ether oxygens (including phenoxy) is 1. The number of carboxylic acids is 1. The van der Waals surface area contributed by atoms with Crippen LogP contribution in [0.2, 0.25) is 5.02 Å². The van der Waals surface area contributed by atoms with Gasteiger partial charge in [-0.1, -0.05) is 47.8 Å². The lowest BCUT2D eigenvalue weighted by Crippen LogP contribution is -2.46. The molecule has 116 valence electrons. The van der Waals surface area contributed by atoms with E-state index in [1.54, 1.807) is 25.1 Å². The third-order valence-corrected chi connectivity index (χ3v) is 3.84. The van der Waals surface area contributed by atoms with Crippen molar-refractivity contribution in [3.8, 4) is 5.75 Å². The van der Waals surface area contributed by atoms with Crippen LogP contribution in [0.5, 0.6) is 5.75 Å². The van der Waals surface area contributed by atoms with Crippen LogP contribution in [0.3, 0.4) is 0 Å². The average molecular weight is 379 g/mol. The number of amides is 1. The second kappa shape index (κ2) is 8.24. The topological polar surface area (TPSA) is 75.6 Å². The molecule has 2 N–H and O–H groups in total. The van der Waals surface area contributed by atoms with E-state index < -0.39 is 17.9 Å². The quantitative estimate of drug-likeness (QED) is 0.764. The molecule has 0 aliphatic heterocycles. The number of aliphatic carboxylic acids is 1. The zero-order valence-corrected chi connectivity index (χ0v) is 14.1. The van der Waals surface area contributed by atoms with E-state index in [-0.39, 0.29) is 12.5 Å². The van der Waals surface area contributed by atoms with E-state index in [2.05, 4.69) is 21.2 Å². The molecule has 0 aromatic heterocycles. The molecule has 0 bridgehead atoms. The van der Waals surface area contributed by atoms with Crippen LogP contribution in [0, 0.1) is 5.92 Å². The largest absolute Gasteiger partial charge is 0.482 e. The smallest absolute Gasteiger partial charge is 0.326 e. The highest BCUT2D eigenvalue weighted by Crippen LogP contribution is 2.27. The Hall–Kier alpha value is -1.27. The predicted molar refractivity (Wildman–Crippen MR) is 83.7 cm³/mol. The standard InChI is InChI=1S/C14H17BrClNO4/c1-3-8(2)13(14(19)20)17-12(18)7-21-11-5-4-9(15)6-10(11)16/h4-6,8,13H,3,7H2,1-2H3,(H,17,18)(H,19,20)/t8-,13-/m0/s1. The molecule has 0 saturated carbocycles. The van der Waals surface area contributed by atoms with E-state index in [4.69, 9.17) is 21.4 Å². The summed E-state index contributed by atoms with van der Waals surface area (Å²) in [5, 5.41) is 11.9. The summed E-state index contributed by atoms with van der Waals surface area (Å²) < 4.78 is 6.09. The Bertz CT molecular complexity index is 524. The van der Waals surface area contributed by atoms with Crippen LogP contribution in [0.4, 0.5) is 0 Å². The van der Waals surface area contributed by atoms with Crippen molar-refractivity contribution in [2.45, 2.75) is 26.3 Å². The molecule has 0 fully saturated rings. The van der Waals surface area contributed by atoms with E-state index in [9.17, 15) is 9.59 Å². The van der Waals surface area contributed by atoms with Crippen LogP contribution in [-0.2, 0) is 9.59 Å². The Morgan fingerprint density at radius 3 is 2.67 bits per heavy atom. The molecule has 0 aliphatic carbocycles. The molecular formula is C14H17BrClNO4. The molecular weight excluding hydrogens is 362 g/mol. The van der Waals surface area contributed by atoms with Gasteiger partial charge in [-0.05, 0) is 24.1 Å². The molecule has 0 unspecified atom stereocenters. The number of carbonyl (C=O) groups is 2. The first-order chi connectivity index (χ1) is 9.85. The van der Waals surface area contributed by atoms with E-state index in [0.717, 1.165) is 4.47 Å². The SMILES string of the molecule is CC[C@H](C)[C@H](NC(=O)COc1ccc(Br)cc1Cl)C(=O)O. The Morgan fingerprint density at radius 2 is 2.14 bits per heavy atom. The van der Waals surface area contributed by atoms with E-state index in [1.807, 2.05) is 6.92 Å². The zero-order chi connectivity index (χ0) is 16.0. The van der Waals surface area contributed by atoms with E-state index in [1.165, 1.54) is 0 Å². The van der Waals surface area contributed by atoms with Crippen molar-refractivity contribution in [2.24, 2.45) is 5.92 Å². The molecule has 1 aromatic rings. The first-order valence-corrected chi connectivity index (χ1v) is 7.62. The lowest BCUT2D eigenvalue weighted by molar-refractivity contribution is -0.143. The van der Waals surface area contributed by atoms with Gasteiger partial charge in [0.05, 0.1) is 5.02 Å². The number of halogens is 2. The minimum atomic E-state index is -1.06. The Labute approximate surface area is 136 Å². The number of rotatable bonds is 7. The van der Waals surface area contributed by atoms with Crippen LogP contribution in [0.25, 0.3) is 0 Å². The summed E-state index contributed by atoms with van der Waals surface area (Å²) in [7, 11) is 0. The van der Waals surface area contributed by atoms with Crippen LogP contribution in [0.1, 0.15) is 20.3 Å². The fourth-order valence-corrected chi connectivity index (χ4v) is 2.36. The minimum absolute atomic E-state index is 0.164. The summed E-state index contributed by atoms with van der Waals surface area (Å²) in [4.78, 5) is 22.9. The number of benzene rings is 1. The second-order valence-corrected chi connectivity index (χ2v) is 5.96. The van der Waals surface area contributed by atoms with Crippen molar-refractivity contribution in [3.63, 3.8) is 0 Å². The monoisotopic (exact) mass is 377 g/mol. The fraction of sp³-hybridized carbons (Fsp3) is 0.429. The second-order valence-electron chi connectivity index (χ2n) is 4.63. The molecule has 7 heteroatoms. The van der Waals surface area contributed by atoms with Gasteiger partial charge in [0.25, 0.3) is 5.91 Å². The molecule has 1 rings (SSSR count). The summed E-state index contributed by atoms with van der Waals surface area (Å²) in [6.45, 7) is 3.35. The molecule has 1 amide bonds.